The second-order valence-corrected chi connectivity index (χ2v) is 16.1. The van der Waals surface area contributed by atoms with Gasteiger partial charge in [0.2, 0.25) is 0 Å². The van der Waals surface area contributed by atoms with Gasteiger partial charge in [-0.2, -0.15) is 0 Å². The third-order valence-corrected chi connectivity index (χ3v) is 13.3. The van der Waals surface area contributed by atoms with Crippen LogP contribution in [0.5, 0.6) is 0 Å². The van der Waals surface area contributed by atoms with E-state index in [4.69, 9.17) is 0 Å². The average Bonchev–Trinajstić information content (AvgIpc) is 3.81. The fourth-order valence-electron chi connectivity index (χ4n) is 8.28. The van der Waals surface area contributed by atoms with Crippen LogP contribution in [0.4, 0.5) is 0 Å². The first-order valence-corrected chi connectivity index (χ1v) is 20.0. The maximum Gasteiger partial charge on any atom is 0.0434 e. The summed E-state index contributed by atoms with van der Waals surface area (Å²) in [7, 11) is 0. The van der Waals surface area contributed by atoms with E-state index in [1.807, 2.05) is 22.7 Å². The highest BCUT2D eigenvalue weighted by Gasteiger charge is 2.14. The maximum absolute atomic E-state index is 2.40. The summed E-state index contributed by atoms with van der Waals surface area (Å²) >= 11 is 3.82. The van der Waals surface area contributed by atoms with Crippen molar-refractivity contribution in [2.45, 2.75) is 0 Å². The summed E-state index contributed by atoms with van der Waals surface area (Å²) in [6.45, 7) is 0. The van der Waals surface area contributed by atoms with Crippen molar-refractivity contribution in [3.8, 4) is 33.4 Å². The van der Waals surface area contributed by atoms with Crippen LogP contribution in [-0.4, -0.2) is 0 Å². The minimum atomic E-state index is 1.20. The molecule has 54 heavy (non-hydrogen) atoms. The summed E-state index contributed by atoms with van der Waals surface area (Å²) in [5.41, 5.74) is 7.32. The van der Waals surface area contributed by atoms with Crippen molar-refractivity contribution in [3.05, 3.63) is 194 Å². The van der Waals surface area contributed by atoms with Gasteiger partial charge in [0.05, 0.1) is 0 Å². The van der Waals surface area contributed by atoms with Gasteiger partial charge in [-0.25, -0.2) is 0 Å². The molecular weight excluding hydrogens is 689 g/mol. The highest BCUT2D eigenvalue weighted by Crippen LogP contribution is 2.45. The van der Waals surface area contributed by atoms with E-state index >= 15 is 0 Å². The van der Waals surface area contributed by atoms with Gasteiger partial charge in [-0.15, -0.1) is 22.7 Å². The molecule has 9 aromatic carbocycles. The molecule has 0 nitrogen and oxygen atoms in total. The van der Waals surface area contributed by atoms with E-state index in [-0.39, 0.29) is 0 Å². The van der Waals surface area contributed by atoms with E-state index < -0.39 is 0 Å². The molecule has 0 N–H and O–H groups in total. The van der Waals surface area contributed by atoms with Crippen LogP contribution in [0.25, 0.3) is 106 Å². The van der Waals surface area contributed by atoms with E-state index in [2.05, 4.69) is 194 Å². The van der Waals surface area contributed by atoms with Gasteiger partial charge in [0.15, 0.2) is 0 Å². The lowest BCUT2D eigenvalue weighted by Gasteiger charge is -2.11. The molecule has 0 unspecified atom stereocenters. The van der Waals surface area contributed by atoms with Crippen molar-refractivity contribution in [1.82, 2.24) is 0 Å². The number of fused-ring (bicyclic) bond motifs is 11. The summed E-state index contributed by atoms with van der Waals surface area (Å²) < 4.78 is 5.44. The Bertz CT molecular complexity index is 3330. The largest absolute Gasteiger partial charge is 0.135 e. The van der Waals surface area contributed by atoms with Crippen LogP contribution in [0.1, 0.15) is 0 Å². The van der Waals surface area contributed by atoms with Gasteiger partial charge < -0.3 is 0 Å². The average molecular weight is 721 g/mol. The van der Waals surface area contributed by atoms with Crippen LogP contribution in [0, 0.1) is 0 Å². The SMILES string of the molecule is c1ccc(-c2ccccccc(-c3ccc4cc(-c5ccc6sc7c(ccc8c7ccc7c9ccccc9sc78)c6c5)ccc4c3)c3ccccc23)cc1. The first kappa shape index (κ1) is 31.2. The van der Waals surface area contributed by atoms with Crippen LogP contribution < -0.4 is 0 Å². The molecule has 2 heterocycles. The molecule has 2 aromatic heterocycles. The second-order valence-electron chi connectivity index (χ2n) is 14.0. The van der Waals surface area contributed by atoms with Crippen molar-refractivity contribution in [3.63, 3.8) is 0 Å². The van der Waals surface area contributed by atoms with E-state index in [1.54, 1.807) is 0 Å². The lowest BCUT2D eigenvalue weighted by Crippen LogP contribution is -1.84. The van der Waals surface area contributed by atoms with Gasteiger partial charge in [0.1, 0.15) is 0 Å². The summed E-state index contributed by atoms with van der Waals surface area (Å²) in [5, 5.41) is 13.0. The molecule has 252 valence electrons. The first-order chi connectivity index (χ1) is 26.8. The zero-order valence-corrected chi connectivity index (χ0v) is 30.9. The molecule has 0 bridgehead atoms. The fraction of sp³-hybridized carbons (Fsp3) is 0. The highest BCUT2D eigenvalue weighted by molar-refractivity contribution is 7.28. The molecule has 0 saturated carbocycles. The summed E-state index contributed by atoms with van der Waals surface area (Å²) in [4.78, 5) is 0. The molecule has 0 aliphatic carbocycles. The monoisotopic (exact) mass is 720 g/mol. The third-order valence-electron chi connectivity index (χ3n) is 10.9. The molecular formula is C52H32S2. The highest BCUT2D eigenvalue weighted by atomic mass is 32.1. The zero-order chi connectivity index (χ0) is 35.6. The Labute approximate surface area is 321 Å². The number of rotatable bonds is 3. The minimum absolute atomic E-state index is 1.20. The molecule has 11 rings (SSSR count). The molecule has 2 heteroatoms. The smallest absolute Gasteiger partial charge is 0.0434 e. The molecule has 0 amide bonds. The van der Waals surface area contributed by atoms with Gasteiger partial charge in [-0.05, 0) is 85.3 Å². The quantitative estimate of drug-likeness (QED) is 0.170. The molecule has 11 aromatic rings. The van der Waals surface area contributed by atoms with Gasteiger partial charge in [0.25, 0.3) is 0 Å². The van der Waals surface area contributed by atoms with Crippen LogP contribution >= 0.6 is 22.7 Å². The number of hydrogen-bond acceptors (Lipinski definition) is 2. The standard InChI is InChI=1S/C52H32S2/c1-2-7-15-40(42-17-9-8-16-41(42)39(14-6-1)33-12-4-3-5-13-33)38-23-22-34-30-35(20-21-36(34)31-38)37-24-29-50-48(32-37)47-28-27-45-46(52(47)54-50)26-25-44-43-18-10-11-19-49(43)53-51(44)45/h1-32H. The molecule has 0 saturated heterocycles. The van der Waals surface area contributed by atoms with Gasteiger partial charge in [-0.3, -0.25) is 0 Å². The topological polar surface area (TPSA) is 0 Å². The minimum Gasteiger partial charge on any atom is -0.135 e. The zero-order valence-electron chi connectivity index (χ0n) is 29.3. The Morgan fingerprint density at radius 1 is 0.241 bits per heavy atom. The predicted molar refractivity (Wildman–Crippen MR) is 239 cm³/mol. The summed E-state index contributed by atoms with van der Waals surface area (Å²) in [6, 6.07) is 71.4. The Hall–Kier alpha value is -6.32. The van der Waals surface area contributed by atoms with E-state index in [0.29, 0.717) is 0 Å². The molecule has 0 spiro atoms. The van der Waals surface area contributed by atoms with Crippen LogP contribution in [-0.2, 0) is 0 Å². The Morgan fingerprint density at radius 2 is 0.685 bits per heavy atom. The van der Waals surface area contributed by atoms with Crippen molar-refractivity contribution in [1.29, 1.82) is 0 Å². The van der Waals surface area contributed by atoms with Gasteiger partial charge in [-0.1, -0.05) is 164 Å². The Balaban J connectivity index is 1.01. The predicted octanol–water partition coefficient (Wildman–Crippen LogP) is 16.0. The van der Waals surface area contributed by atoms with E-state index in [0.717, 1.165) is 0 Å². The maximum atomic E-state index is 2.40. The molecule has 0 radical (unpaired) electrons. The summed E-state index contributed by atoms with van der Waals surface area (Å²) in [5.74, 6) is 0. The van der Waals surface area contributed by atoms with Crippen molar-refractivity contribution >= 4 is 95.3 Å². The second kappa shape index (κ2) is 12.7. The van der Waals surface area contributed by atoms with Crippen molar-refractivity contribution in [2.75, 3.05) is 0 Å². The number of hydrogen-bond donors (Lipinski definition) is 0. The van der Waals surface area contributed by atoms with Crippen LogP contribution in [0.3, 0.4) is 0 Å². The molecule has 0 aliphatic heterocycles. The lowest BCUT2D eigenvalue weighted by molar-refractivity contribution is 1.64. The Kier molecular flexibility index (Phi) is 7.33. The lowest BCUT2D eigenvalue weighted by atomic mass is 9.93. The van der Waals surface area contributed by atoms with Crippen molar-refractivity contribution < 1.29 is 0 Å². The van der Waals surface area contributed by atoms with Crippen molar-refractivity contribution in [2.24, 2.45) is 0 Å². The van der Waals surface area contributed by atoms with E-state index in [9.17, 15) is 0 Å². The fourth-order valence-corrected chi connectivity index (χ4v) is 10.7. The number of thiophene rings is 2. The normalized spacial score (nSPS) is 11.7. The molecule has 0 atom stereocenters. The van der Waals surface area contributed by atoms with Crippen LogP contribution in [0.15, 0.2) is 194 Å². The van der Waals surface area contributed by atoms with Crippen LogP contribution in [0.2, 0.25) is 0 Å². The molecule has 0 aliphatic rings. The molecule has 0 fully saturated rings. The first-order valence-electron chi connectivity index (χ1n) is 18.4. The van der Waals surface area contributed by atoms with Gasteiger partial charge >= 0.3 is 0 Å². The summed E-state index contributed by atoms with van der Waals surface area (Å²) in [6.07, 6.45) is 0. The van der Waals surface area contributed by atoms with E-state index in [1.165, 1.54) is 106 Å². The Morgan fingerprint density at radius 3 is 1.37 bits per heavy atom. The van der Waals surface area contributed by atoms with Gasteiger partial charge in [0, 0.05) is 51.1 Å². The third kappa shape index (κ3) is 5.10. The number of benzene rings is 8.